The number of hydrogen-bond acceptors (Lipinski definition) is 7. The molecule has 0 atom stereocenters. The summed E-state index contributed by atoms with van der Waals surface area (Å²) < 4.78 is 5.46. The SMILES string of the molecule is NC(=O)c1nc(Nc2ccccc2)sc1NC(=O)c1cc(-c2ccco2)nc2ccccc12. The Morgan fingerprint density at radius 1 is 0.939 bits per heavy atom. The van der Waals surface area contributed by atoms with Gasteiger partial charge in [-0.2, -0.15) is 0 Å². The van der Waals surface area contributed by atoms with Gasteiger partial charge in [-0.3, -0.25) is 9.59 Å². The van der Waals surface area contributed by atoms with Crippen LogP contribution >= 0.6 is 11.3 Å². The first-order valence-corrected chi connectivity index (χ1v) is 10.8. The molecule has 0 spiro atoms. The second-order valence-corrected chi connectivity index (χ2v) is 8.05. The van der Waals surface area contributed by atoms with E-state index in [2.05, 4.69) is 20.6 Å². The zero-order valence-corrected chi connectivity index (χ0v) is 17.9. The van der Waals surface area contributed by atoms with E-state index in [0.29, 0.717) is 33.1 Å². The third-order valence-corrected chi connectivity index (χ3v) is 5.73. The monoisotopic (exact) mass is 455 g/mol. The average molecular weight is 455 g/mol. The molecule has 2 amide bonds. The minimum Gasteiger partial charge on any atom is -0.463 e. The third-order valence-electron chi connectivity index (χ3n) is 4.85. The third kappa shape index (κ3) is 4.17. The standard InChI is InChI=1S/C24H17N5O3S/c25-21(30)20-23(33-24(28-20)26-14-7-2-1-3-8-14)29-22(31)16-13-18(19-11-6-12-32-19)27-17-10-5-4-9-15(16)17/h1-13H,(H2,25,30)(H,26,28)(H,29,31). The number of hydrogen-bond donors (Lipinski definition) is 3. The van der Waals surface area contributed by atoms with Crippen molar-refractivity contribution in [1.82, 2.24) is 9.97 Å². The van der Waals surface area contributed by atoms with Crippen LogP contribution < -0.4 is 16.4 Å². The molecule has 5 aromatic rings. The van der Waals surface area contributed by atoms with Gasteiger partial charge in [0.15, 0.2) is 16.6 Å². The topological polar surface area (TPSA) is 123 Å². The van der Waals surface area contributed by atoms with Crippen molar-refractivity contribution in [2.75, 3.05) is 10.6 Å². The number of aromatic nitrogens is 2. The number of anilines is 3. The van der Waals surface area contributed by atoms with E-state index in [9.17, 15) is 9.59 Å². The lowest BCUT2D eigenvalue weighted by Crippen LogP contribution is -2.18. The van der Waals surface area contributed by atoms with E-state index >= 15 is 0 Å². The quantitative estimate of drug-likeness (QED) is 0.329. The molecule has 162 valence electrons. The largest absolute Gasteiger partial charge is 0.463 e. The second-order valence-electron chi connectivity index (χ2n) is 7.06. The van der Waals surface area contributed by atoms with E-state index < -0.39 is 11.8 Å². The normalized spacial score (nSPS) is 10.8. The zero-order chi connectivity index (χ0) is 22.8. The van der Waals surface area contributed by atoms with Crippen LogP contribution in [0.1, 0.15) is 20.8 Å². The van der Waals surface area contributed by atoms with E-state index in [0.717, 1.165) is 17.0 Å². The molecular weight excluding hydrogens is 438 g/mol. The molecule has 0 aliphatic rings. The molecule has 0 radical (unpaired) electrons. The number of para-hydroxylation sites is 2. The van der Waals surface area contributed by atoms with Crippen molar-refractivity contribution in [3.05, 3.63) is 90.3 Å². The first-order valence-electron chi connectivity index (χ1n) is 9.96. The Labute approximate surface area is 192 Å². The number of thiazole rings is 1. The van der Waals surface area contributed by atoms with Gasteiger partial charge in [0.25, 0.3) is 11.8 Å². The molecule has 4 N–H and O–H groups in total. The van der Waals surface area contributed by atoms with Gasteiger partial charge >= 0.3 is 0 Å². The minimum absolute atomic E-state index is 0.0172. The summed E-state index contributed by atoms with van der Waals surface area (Å²) in [4.78, 5) is 34.2. The summed E-state index contributed by atoms with van der Waals surface area (Å²) in [7, 11) is 0. The summed E-state index contributed by atoms with van der Waals surface area (Å²) in [6.07, 6.45) is 1.55. The van der Waals surface area contributed by atoms with Gasteiger partial charge in [0.1, 0.15) is 10.7 Å². The highest BCUT2D eigenvalue weighted by Gasteiger charge is 2.21. The summed E-state index contributed by atoms with van der Waals surface area (Å²) in [5.41, 5.74) is 7.84. The van der Waals surface area contributed by atoms with Gasteiger partial charge in [0.05, 0.1) is 17.3 Å². The van der Waals surface area contributed by atoms with Crippen LogP contribution in [-0.4, -0.2) is 21.8 Å². The molecule has 3 heterocycles. The number of primary amides is 1. The van der Waals surface area contributed by atoms with Crippen LogP contribution in [0.5, 0.6) is 0 Å². The lowest BCUT2D eigenvalue weighted by atomic mass is 10.1. The average Bonchev–Trinajstić information content (AvgIpc) is 3.49. The van der Waals surface area contributed by atoms with Crippen LogP contribution in [0.25, 0.3) is 22.4 Å². The fourth-order valence-corrected chi connectivity index (χ4v) is 4.24. The molecule has 0 saturated carbocycles. The maximum Gasteiger partial charge on any atom is 0.270 e. The van der Waals surface area contributed by atoms with Gasteiger partial charge < -0.3 is 20.8 Å². The number of benzene rings is 2. The smallest absolute Gasteiger partial charge is 0.270 e. The fraction of sp³-hybridized carbons (Fsp3) is 0. The Hall–Kier alpha value is -4.50. The number of nitrogens with zero attached hydrogens (tertiary/aromatic N) is 2. The fourth-order valence-electron chi connectivity index (χ4n) is 3.35. The number of carbonyl (C=O) groups is 2. The predicted octanol–water partition coefficient (Wildman–Crippen LogP) is 5.05. The molecule has 3 aromatic heterocycles. The minimum atomic E-state index is -0.737. The molecule has 33 heavy (non-hydrogen) atoms. The summed E-state index contributed by atoms with van der Waals surface area (Å²) in [5.74, 6) is -0.614. The number of rotatable bonds is 6. The van der Waals surface area contributed by atoms with Crippen LogP contribution in [0.15, 0.2) is 83.5 Å². The predicted molar refractivity (Wildman–Crippen MR) is 128 cm³/mol. The summed E-state index contributed by atoms with van der Waals surface area (Å²) in [6, 6.07) is 21.9. The Balaban J connectivity index is 1.51. The van der Waals surface area contributed by atoms with Crippen LogP contribution in [0, 0.1) is 0 Å². The van der Waals surface area contributed by atoms with Gasteiger partial charge in [-0.05, 0) is 36.4 Å². The van der Waals surface area contributed by atoms with Gasteiger partial charge in [-0.25, -0.2) is 9.97 Å². The van der Waals surface area contributed by atoms with Crippen molar-refractivity contribution in [2.24, 2.45) is 5.73 Å². The van der Waals surface area contributed by atoms with Crippen LogP contribution in [0.3, 0.4) is 0 Å². The van der Waals surface area contributed by atoms with Crippen molar-refractivity contribution in [2.45, 2.75) is 0 Å². The molecular formula is C24H17N5O3S. The van der Waals surface area contributed by atoms with Crippen LogP contribution in [0.2, 0.25) is 0 Å². The summed E-state index contributed by atoms with van der Waals surface area (Å²) >= 11 is 1.12. The van der Waals surface area contributed by atoms with Crippen molar-refractivity contribution in [1.29, 1.82) is 0 Å². The number of furan rings is 1. The molecule has 0 unspecified atom stereocenters. The first-order chi connectivity index (χ1) is 16.1. The number of pyridine rings is 1. The van der Waals surface area contributed by atoms with Crippen molar-refractivity contribution < 1.29 is 14.0 Å². The highest BCUT2D eigenvalue weighted by Crippen LogP contribution is 2.32. The Morgan fingerprint density at radius 3 is 2.48 bits per heavy atom. The van der Waals surface area contributed by atoms with Crippen molar-refractivity contribution in [3.63, 3.8) is 0 Å². The molecule has 8 nitrogen and oxygen atoms in total. The molecule has 0 aliphatic heterocycles. The Morgan fingerprint density at radius 2 is 1.73 bits per heavy atom. The van der Waals surface area contributed by atoms with E-state index in [1.165, 1.54) is 0 Å². The van der Waals surface area contributed by atoms with Gasteiger partial charge in [0, 0.05) is 11.1 Å². The number of amides is 2. The molecule has 0 aliphatic carbocycles. The zero-order valence-electron chi connectivity index (χ0n) is 17.1. The first kappa shape index (κ1) is 20.4. The molecule has 0 bridgehead atoms. The van der Waals surface area contributed by atoms with E-state index in [1.54, 1.807) is 24.5 Å². The molecule has 0 saturated heterocycles. The van der Waals surface area contributed by atoms with Crippen LogP contribution in [-0.2, 0) is 0 Å². The lowest BCUT2D eigenvalue weighted by Gasteiger charge is -2.09. The summed E-state index contributed by atoms with van der Waals surface area (Å²) in [5, 5.41) is 7.27. The number of nitrogens with two attached hydrogens (primary N) is 1. The highest BCUT2D eigenvalue weighted by atomic mass is 32.1. The molecule has 0 fully saturated rings. The van der Waals surface area contributed by atoms with E-state index in [4.69, 9.17) is 10.2 Å². The van der Waals surface area contributed by atoms with E-state index in [1.807, 2.05) is 54.6 Å². The lowest BCUT2D eigenvalue weighted by molar-refractivity contribution is 0.0997. The highest BCUT2D eigenvalue weighted by molar-refractivity contribution is 7.20. The number of carbonyl (C=O) groups excluding carboxylic acids is 2. The maximum atomic E-state index is 13.3. The summed E-state index contributed by atoms with van der Waals surface area (Å²) in [6.45, 7) is 0. The molecule has 9 heteroatoms. The molecule has 5 rings (SSSR count). The second kappa shape index (κ2) is 8.56. The molecule has 2 aromatic carbocycles. The van der Waals surface area contributed by atoms with Gasteiger partial charge in [-0.1, -0.05) is 47.7 Å². The maximum absolute atomic E-state index is 13.3. The Kier molecular flexibility index (Phi) is 5.29. The van der Waals surface area contributed by atoms with Crippen LogP contribution in [0.4, 0.5) is 15.8 Å². The van der Waals surface area contributed by atoms with E-state index in [-0.39, 0.29) is 10.7 Å². The van der Waals surface area contributed by atoms with Crippen molar-refractivity contribution in [3.8, 4) is 11.5 Å². The van der Waals surface area contributed by atoms with Crippen molar-refractivity contribution >= 4 is 49.9 Å². The number of fused-ring (bicyclic) bond motifs is 1. The van der Waals surface area contributed by atoms with Gasteiger partial charge in [0.2, 0.25) is 0 Å². The Bertz CT molecular complexity index is 1460. The van der Waals surface area contributed by atoms with Gasteiger partial charge in [-0.15, -0.1) is 0 Å². The number of nitrogens with one attached hydrogen (secondary N) is 2.